The average molecular weight is 433 g/mol. The van der Waals surface area contributed by atoms with E-state index in [-0.39, 0.29) is 19.4 Å². The Morgan fingerprint density at radius 3 is 2.47 bits per heavy atom. The molecule has 0 aliphatic carbocycles. The molecule has 0 radical (unpaired) electrons. The number of hydrazine groups is 1. The molecule has 0 heterocycles. The molecular weight excluding hydrogens is 410 g/mol. The summed E-state index contributed by atoms with van der Waals surface area (Å²) in [5.74, 6) is 3.37. The molecule has 0 saturated heterocycles. The molecule has 2 amide bonds. The Morgan fingerprint density at radius 1 is 1.00 bits per heavy atom. The Kier molecular flexibility index (Phi) is 7.50. The SMILES string of the molecule is NNC=Nc1cccc(C(=O)NCC(=O)Nc2cc3ccccc3cc2CCC(=O)O)c1. The van der Waals surface area contributed by atoms with Crippen LogP contribution < -0.4 is 21.9 Å². The lowest BCUT2D eigenvalue weighted by molar-refractivity contribution is -0.137. The lowest BCUT2D eigenvalue weighted by Crippen LogP contribution is -2.33. The monoisotopic (exact) mass is 433 g/mol. The van der Waals surface area contributed by atoms with E-state index in [2.05, 4.69) is 21.1 Å². The first-order chi connectivity index (χ1) is 15.5. The molecule has 9 heteroatoms. The van der Waals surface area contributed by atoms with E-state index in [1.165, 1.54) is 6.34 Å². The smallest absolute Gasteiger partial charge is 0.303 e. The number of nitrogens with two attached hydrogens (primary N) is 1. The number of rotatable bonds is 9. The van der Waals surface area contributed by atoms with Crippen LogP contribution in [-0.4, -0.2) is 35.8 Å². The second-order valence-corrected chi connectivity index (χ2v) is 6.96. The fourth-order valence-electron chi connectivity index (χ4n) is 3.15. The van der Waals surface area contributed by atoms with Crippen LogP contribution in [0.1, 0.15) is 22.3 Å². The zero-order valence-electron chi connectivity index (χ0n) is 17.2. The fraction of sp³-hybridized carbons (Fsp3) is 0.130. The summed E-state index contributed by atoms with van der Waals surface area (Å²) in [7, 11) is 0. The molecule has 0 unspecified atom stereocenters. The van der Waals surface area contributed by atoms with Gasteiger partial charge in [-0.1, -0.05) is 30.3 Å². The average Bonchev–Trinajstić information content (AvgIpc) is 2.80. The van der Waals surface area contributed by atoms with Gasteiger partial charge in [0, 0.05) is 17.7 Å². The van der Waals surface area contributed by atoms with E-state index < -0.39 is 17.8 Å². The second kappa shape index (κ2) is 10.7. The predicted octanol–water partition coefficient (Wildman–Crippen LogP) is 2.35. The summed E-state index contributed by atoms with van der Waals surface area (Å²) in [5.41, 5.74) is 4.39. The minimum atomic E-state index is -0.920. The van der Waals surface area contributed by atoms with Crippen molar-refractivity contribution in [2.24, 2.45) is 10.8 Å². The zero-order valence-corrected chi connectivity index (χ0v) is 17.2. The Hall–Kier alpha value is -4.24. The summed E-state index contributed by atoms with van der Waals surface area (Å²) in [6, 6.07) is 17.8. The topological polar surface area (TPSA) is 146 Å². The van der Waals surface area contributed by atoms with Crippen molar-refractivity contribution in [2.45, 2.75) is 12.8 Å². The predicted molar refractivity (Wildman–Crippen MR) is 123 cm³/mol. The lowest BCUT2D eigenvalue weighted by atomic mass is 10.0. The molecule has 9 nitrogen and oxygen atoms in total. The number of amides is 2. The van der Waals surface area contributed by atoms with Crippen molar-refractivity contribution in [1.82, 2.24) is 10.7 Å². The van der Waals surface area contributed by atoms with E-state index in [0.717, 1.165) is 10.8 Å². The molecule has 0 aliphatic heterocycles. The van der Waals surface area contributed by atoms with E-state index >= 15 is 0 Å². The van der Waals surface area contributed by atoms with Crippen molar-refractivity contribution in [3.63, 3.8) is 0 Å². The number of nitrogens with one attached hydrogen (secondary N) is 3. The summed E-state index contributed by atoms with van der Waals surface area (Å²) >= 11 is 0. The maximum absolute atomic E-state index is 12.5. The normalized spacial score (nSPS) is 10.8. The van der Waals surface area contributed by atoms with Crippen LogP contribution in [0, 0.1) is 0 Å². The molecule has 0 saturated carbocycles. The van der Waals surface area contributed by atoms with Gasteiger partial charge >= 0.3 is 5.97 Å². The maximum atomic E-state index is 12.5. The number of carbonyl (C=O) groups excluding carboxylic acids is 2. The van der Waals surface area contributed by atoms with E-state index in [1.807, 2.05) is 30.3 Å². The Labute approximate surface area is 184 Å². The molecule has 32 heavy (non-hydrogen) atoms. The third-order valence-corrected chi connectivity index (χ3v) is 4.66. The van der Waals surface area contributed by atoms with Gasteiger partial charge in [-0.2, -0.15) is 0 Å². The number of benzene rings is 3. The number of hydrogen-bond donors (Lipinski definition) is 5. The van der Waals surface area contributed by atoms with E-state index in [9.17, 15) is 14.4 Å². The van der Waals surface area contributed by atoms with E-state index in [1.54, 1.807) is 30.3 Å². The van der Waals surface area contributed by atoms with Crippen molar-refractivity contribution < 1.29 is 19.5 Å². The molecule has 3 aromatic rings. The van der Waals surface area contributed by atoms with Crippen LogP contribution in [0.3, 0.4) is 0 Å². The van der Waals surface area contributed by atoms with Crippen LogP contribution in [-0.2, 0) is 16.0 Å². The van der Waals surface area contributed by atoms with Crippen LogP contribution in [0.15, 0.2) is 65.7 Å². The molecule has 3 aromatic carbocycles. The van der Waals surface area contributed by atoms with Gasteiger partial charge in [0.05, 0.1) is 12.2 Å². The number of fused-ring (bicyclic) bond motifs is 1. The fourth-order valence-corrected chi connectivity index (χ4v) is 3.15. The third-order valence-electron chi connectivity index (χ3n) is 4.66. The zero-order chi connectivity index (χ0) is 22.9. The Bertz CT molecular complexity index is 1180. The number of carbonyl (C=O) groups is 3. The molecule has 0 fully saturated rings. The summed E-state index contributed by atoms with van der Waals surface area (Å²) in [4.78, 5) is 39.9. The van der Waals surface area contributed by atoms with Gasteiger partial charge in [-0.05, 0) is 53.1 Å². The van der Waals surface area contributed by atoms with Crippen molar-refractivity contribution in [1.29, 1.82) is 0 Å². The molecule has 0 atom stereocenters. The van der Waals surface area contributed by atoms with Gasteiger partial charge in [0.1, 0.15) is 6.34 Å². The first kappa shape index (κ1) is 22.4. The molecule has 6 N–H and O–H groups in total. The highest BCUT2D eigenvalue weighted by molar-refractivity contribution is 6.01. The number of aliphatic carboxylic acids is 1. The second-order valence-electron chi connectivity index (χ2n) is 6.96. The van der Waals surface area contributed by atoms with E-state index in [0.29, 0.717) is 22.5 Å². The Balaban J connectivity index is 1.68. The van der Waals surface area contributed by atoms with Crippen LogP contribution >= 0.6 is 0 Å². The van der Waals surface area contributed by atoms with Crippen molar-refractivity contribution >= 4 is 46.3 Å². The number of carboxylic acids is 1. The minimum Gasteiger partial charge on any atom is -0.481 e. The van der Waals surface area contributed by atoms with Gasteiger partial charge in [-0.3, -0.25) is 14.4 Å². The minimum absolute atomic E-state index is 0.0591. The van der Waals surface area contributed by atoms with Gasteiger partial charge < -0.3 is 21.2 Å². The molecule has 0 aromatic heterocycles. The summed E-state index contributed by atoms with van der Waals surface area (Å²) in [6.07, 6.45) is 1.50. The highest BCUT2D eigenvalue weighted by Gasteiger charge is 2.12. The Morgan fingerprint density at radius 2 is 1.75 bits per heavy atom. The summed E-state index contributed by atoms with van der Waals surface area (Å²) in [5, 5.41) is 16.2. The highest BCUT2D eigenvalue weighted by atomic mass is 16.4. The first-order valence-electron chi connectivity index (χ1n) is 9.86. The van der Waals surface area contributed by atoms with Gasteiger partial charge in [0.25, 0.3) is 5.91 Å². The molecule has 0 aliphatic rings. The van der Waals surface area contributed by atoms with Crippen molar-refractivity contribution in [2.75, 3.05) is 11.9 Å². The molecule has 164 valence electrons. The van der Waals surface area contributed by atoms with Gasteiger partial charge in [-0.25, -0.2) is 10.8 Å². The molecule has 0 spiro atoms. The number of aliphatic imine (C=N–C) groups is 1. The molecule has 3 rings (SSSR count). The van der Waals surface area contributed by atoms with Gasteiger partial charge in [0.15, 0.2) is 0 Å². The number of hydrogen-bond acceptors (Lipinski definition) is 5. The molecule has 0 bridgehead atoms. The number of nitrogens with zero attached hydrogens (tertiary/aromatic N) is 1. The summed E-state index contributed by atoms with van der Waals surface area (Å²) < 4.78 is 0. The van der Waals surface area contributed by atoms with Crippen molar-refractivity contribution in [3.8, 4) is 0 Å². The molecular formula is C23H23N5O4. The third kappa shape index (κ3) is 6.13. The number of carboxylic acid groups (broad SMARTS) is 1. The van der Waals surface area contributed by atoms with Gasteiger partial charge in [0.2, 0.25) is 5.91 Å². The highest BCUT2D eigenvalue weighted by Crippen LogP contribution is 2.25. The maximum Gasteiger partial charge on any atom is 0.303 e. The standard InChI is InChI=1S/C23H23N5O4/c24-27-14-26-19-7-3-6-18(11-19)23(32)25-13-21(29)28-20-12-16-5-2-1-4-15(16)10-17(20)8-9-22(30)31/h1-7,10-12,14H,8-9,13,24H2,(H,25,32)(H,26,27)(H,28,29)(H,30,31). The van der Waals surface area contributed by atoms with Crippen LogP contribution in [0.4, 0.5) is 11.4 Å². The first-order valence-corrected chi connectivity index (χ1v) is 9.86. The van der Waals surface area contributed by atoms with Crippen molar-refractivity contribution in [3.05, 3.63) is 71.8 Å². The van der Waals surface area contributed by atoms with Crippen LogP contribution in [0.2, 0.25) is 0 Å². The largest absolute Gasteiger partial charge is 0.481 e. The number of aryl methyl sites for hydroxylation is 1. The quantitative estimate of drug-likeness (QED) is 0.152. The lowest BCUT2D eigenvalue weighted by Gasteiger charge is -2.13. The number of anilines is 1. The van der Waals surface area contributed by atoms with Gasteiger partial charge in [-0.15, -0.1) is 0 Å². The van der Waals surface area contributed by atoms with Crippen LogP contribution in [0.25, 0.3) is 10.8 Å². The van der Waals surface area contributed by atoms with E-state index in [4.69, 9.17) is 10.9 Å². The summed E-state index contributed by atoms with van der Waals surface area (Å²) in [6.45, 7) is -0.248. The van der Waals surface area contributed by atoms with Crippen LogP contribution in [0.5, 0.6) is 0 Å².